The third-order valence-electron chi connectivity index (χ3n) is 1.60. The minimum Gasteiger partial charge on any atom is -0.149 e. The summed E-state index contributed by atoms with van der Waals surface area (Å²) < 4.78 is 0. The van der Waals surface area contributed by atoms with Crippen LogP contribution in [0.2, 0.25) is 19.6 Å². The Bertz CT molecular complexity index is 219. The Morgan fingerprint density at radius 1 is 1.30 bits per heavy atom. The van der Waals surface area contributed by atoms with Crippen LogP contribution in [0.25, 0.3) is 0 Å². The number of hydrogen-bond donors (Lipinski definition) is 0. The highest BCUT2D eigenvalue weighted by molar-refractivity contribution is 7.12. The van der Waals surface area contributed by atoms with Crippen molar-refractivity contribution < 1.29 is 0 Å². The minimum absolute atomic E-state index is 1.00. The second kappa shape index (κ2) is 2.51. The van der Waals surface area contributed by atoms with Gasteiger partial charge in [-0.1, -0.05) is 19.6 Å². The van der Waals surface area contributed by atoms with Crippen molar-refractivity contribution in [2.75, 3.05) is 0 Å². The van der Waals surface area contributed by atoms with Crippen LogP contribution in [0.15, 0.2) is 11.4 Å². The molecule has 1 rings (SSSR count). The van der Waals surface area contributed by atoms with E-state index in [1.165, 1.54) is 4.88 Å². The second-order valence-electron chi connectivity index (χ2n) is 3.70. The zero-order valence-electron chi connectivity index (χ0n) is 7.06. The van der Waals surface area contributed by atoms with Gasteiger partial charge in [0.15, 0.2) is 0 Å². The highest BCUT2D eigenvalue weighted by Crippen LogP contribution is 2.10. The fourth-order valence-corrected chi connectivity index (χ4v) is 3.76. The maximum Gasteiger partial charge on any atom is 0.0786 e. The minimum atomic E-state index is -1.00. The number of rotatable bonds is 1. The normalized spacial score (nSPS) is 12.0. The van der Waals surface area contributed by atoms with E-state index in [1.807, 2.05) is 11.3 Å². The largest absolute Gasteiger partial charge is 0.149 e. The predicted octanol–water partition coefficient (Wildman–Crippen LogP) is 2.60. The molecule has 1 aromatic heterocycles. The van der Waals surface area contributed by atoms with Gasteiger partial charge in [0, 0.05) is 4.88 Å². The summed E-state index contributed by atoms with van der Waals surface area (Å²) in [7, 11) is -1.00. The highest BCUT2D eigenvalue weighted by Gasteiger charge is 2.16. The lowest BCUT2D eigenvalue weighted by molar-refractivity contribution is 1.64. The van der Waals surface area contributed by atoms with Gasteiger partial charge in [-0.3, -0.25) is 0 Å². The Labute approximate surface area is 67.9 Å². The van der Waals surface area contributed by atoms with E-state index in [4.69, 9.17) is 0 Å². The molecule has 2 heteroatoms. The maximum atomic E-state index is 2.38. The van der Waals surface area contributed by atoms with E-state index in [9.17, 15) is 0 Å². The molecule has 0 aromatic carbocycles. The molecule has 0 bridgehead atoms. The number of hydrogen-bond acceptors (Lipinski definition) is 1. The fourth-order valence-electron chi connectivity index (χ4n) is 0.837. The van der Waals surface area contributed by atoms with E-state index in [0.29, 0.717) is 0 Å². The molecule has 0 aliphatic heterocycles. The first kappa shape index (κ1) is 8.02. The molecule has 0 spiro atoms. The summed E-state index contributed by atoms with van der Waals surface area (Å²) in [5.74, 6) is 0. The van der Waals surface area contributed by atoms with Crippen LogP contribution in [-0.4, -0.2) is 8.07 Å². The monoisotopic (exact) mass is 170 g/mol. The Morgan fingerprint density at radius 2 is 1.90 bits per heavy atom. The van der Waals surface area contributed by atoms with Crippen LogP contribution in [0.4, 0.5) is 0 Å². The van der Waals surface area contributed by atoms with Crippen LogP contribution >= 0.6 is 11.3 Å². The van der Waals surface area contributed by atoms with Gasteiger partial charge >= 0.3 is 0 Å². The van der Waals surface area contributed by atoms with Gasteiger partial charge in [-0.25, -0.2) is 0 Å². The molecule has 0 fully saturated rings. The Kier molecular flexibility index (Phi) is 2.01. The van der Waals surface area contributed by atoms with Gasteiger partial charge in [-0.15, -0.1) is 11.3 Å². The van der Waals surface area contributed by atoms with Crippen molar-refractivity contribution in [2.45, 2.75) is 26.6 Å². The highest BCUT2D eigenvalue weighted by atomic mass is 32.1. The number of aryl methyl sites for hydroxylation is 1. The summed E-state index contributed by atoms with van der Waals surface area (Å²) in [4.78, 5) is 1.44. The lowest BCUT2D eigenvalue weighted by Gasteiger charge is -2.12. The van der Waals surface area contributed by atoms with Crippen molar-refractivity contribution in [3.05, 3.63) is 16.3 Å². The molecule has 0 unspecified atom stereocenters. The molecule has 0 radical (unpaired) electrons. The molecule has 0 aliphatic rings. The Morgan fingerprint density at radius 3 is 2.10 bits per heavy atom. The summed E-state index contributed by atoms with van der Waals surface area (Å²) in [6.07, 6.45) is 0. The summed E-state index contributed by atoms with van der Waals surface area (Å²) in [5.41, 5.74) is 0. The van der Waals surface area contributed by atoms with Crippen molar-refractivity contribution in [1.29, 1.82) is 0 Å². The quantitative estimate of drug-likeness (QED) is 0.568. The Balaban J connectivity index is 2.96. The topological polar surface area (TPSA) is 0 Å². The summed E-state index contributed by atoms with van der Waals surface area (Å²) >= 11 is 1.87. The predicted molar refractivity (Wildman–Crippen MR) is 52.0 cm³/mol. The molecule has 0 saturated heterocycles. The van der Waals surface area contributed by atoms with Crippen LogP contribution in [0.3, 0.4) is 0 Å². The van der Waals surface area contributed by atoms with Crippen molar-refractivity contribution >= 4 is 24.6 Å². The van der Waals surface area contributed by atoms with E-state index >= 15 is 0 Å². The number of thiophene rings is 1. The molecule has 0 nitrogen and oxygen atoms in total. The van der Waals surface area contributed by atoms with Crippen molar-refractivity contribution in [3.8, 4) is 0 Å². The van der Waals surface area contributed by atoms with Gasteiger partial charge in [0.1, 0.15) is 0 Å². The molecule has 0 N–H and O–H groups in total. The van der Waals surface area contributed by atoms with Gasteiger partial charge in [-0.2, -0.15) is 0 Å². The molecular weight excluding hydrogens is 156 g/mol. The van der Waals surface area contributed by atoms with Crippen LogP contribution in [0.1, 0.15) is 4.88 Å². The smallest absolute Gasteiger partial charge is 0.0786 e. The van der Waals surface area contributed by atoms with Crippen LogP contribution in [0, 0.1) is 6.92 Å². The molecule has 1 aromatic rings. The molecule has 56 valence electrons. The first-order chi connectivity index (χ1) is 4.50. The first-order valence-electron chi connectivity index (χ1n) is 3.56. The van der Waals surface area contributed by atoms with Crippen molar-refractivity contribution in [2.24, 2.45) is 0 Å². The average Bonchev–Trinajstić information content (AvgIpc) is 2.11. The summed E-state index contributed by atoms with van der Waals surface area (Å²) in [6, 6.07) is 2.33. The third-order valence-corrected chi connectivity index (χ3v) is 4.69. The van der Waals surface area contributed by atoms with Crippen LogP contribution in [-0.2, 0) is 0 Å². The van der Waals surface area contributed by atoms with Gasteiger partial charge in [-0.05, 0) is 23.6 Å². The van der Waals surface area contributed by atoms with E-state index in [0.717, 1.165) is 0 Å². The van der Waals surface area contributed by atoms with E-state index in [-0.39, 0.29) is 0 Å². The lowest BCUT2D eigenvalue weighted by atomic mass is 10.5. The SMILES string of the molecule is Cc1cc([Si](C)(C)C)cs1. The maximum absolute atomic E-state index is 2.38. The summed E-state index contributed by atoms with van der Waals surface area (Å²) in [5, 5.41) is 3.90. The van der Waals surface area contributed by atoms with E-state index in [1.54, 1.807) is 5.19 Å². The van der Waals surface area contributed by atoms with Gasteiger partial charge < -0.3 is 0 Å². The van der Waals surface area contributed by atoms with Crippen molar-refractivity contribution in [1.82, 2.24) is 0 Å². The molecule has 0 saturated carbocycles. The molecule has 0 aliphatic carbocycles. The zero-order chi connectivity index (χ0) is 7.78. The standard InChI is InChI=1S/C8H14SSi/c1-7-5-8(6-9-7)10(2,3)4/h5-6H,1-4H3. The molecular formula is C8H14SSi. The fraction of sp³-hybridized carbons (Fsp3) is 0.500. The van der Waals surface area contributed by atoms with Gasteiger partial charge in [0.2, 0.25) is 0 Å². The van der Waals surface area contributed by atoms with Crippen molar-refractivity contribution in [3.63, 3.8) is 0 Å². The molecule has 0 atom stereocenters. The van der Waals surface area contributed by atoms with Crippen LogP contribution < -0.4 is 5.19 Å². The van der Waals surface area contributed by atoms with E-state index in [2.05, 4.69) is 38.0 Å². The molecule has 10 heavy (non-hydrogen) atoms. The second-order valence-corrected chi connectivity index (χ2v) is 9.89. The van der Waals surface area contributed by atoms with E-state index < -0.39 is 8.07 Å². The molecule has 0 amide bonds. The van der Waals surface area contributed by atoms with Gasteiger partial charge in [0.25, 0.3) is 0 Å². The van der Waals surface area contributed by atoms with Gasteiger partial charge in [0.05, 0.1) is 8.07 Å². The Hall–Kier alpha value is -0.0831. The first-order valence-corrected chi connectivity index (χ1v) is 7.94. The zero-order valence-corrected chi connectivity index (χ0v) is 8.88. The van der Waals surface area contributed by atoms with Crippen LogP contribution in [0.5, 0.6) is 0 Å². The average molecular weight is 170 g/mol. The summed E-state index contributed by atoms with van der Waals surface area (Å²) in [6.45, 7) is 9.33. The molecule has 1 heterocycles. The lowest BCUT2D eigenvalue weighted by Crippen LogP contribution is -2.36. The third kappa shape index (κ3) is 1.70.